The zero-order chi connectivity index (χ0) is 15.6. The molecule has 0 fully saturated rings. The van der Waals surface area contributed by atoms with Crippen LogP contribution in [0.5, 0.6) is 0 Å². The fourth-order valence-electron chi connectivity index (χ4n) is 3.12. The van der Waals surface area contributed by atoms with Crippen LogP contribution in [0.3, 0.4) is 0 Å². The Hall–Kier alpha value is -1.67. The third-order valence-electron chi connectivity index (χ3n) is 4.32. The van der Waals surface area contributed by atoms with Crippen molar-refractivity contribution in [1.29, 1.82) is 0 Å². The van der Waals surface area contributed by atoms with Crippen molar-refractivity contribution in [3.05, 3.63) is 70.5 Å². The first-order chi connectivity index (χ1) is 9.87. The number of hydrogen-bond acceptors (Lipinski definition) is 1. The summed E-state index contributed by atoms with van der Waals surface area (Å²) in [6.45, 7) is 8.09. The lowest BCUT2D eigenvalue weighted by atomic mass is 9.74. The molecule has 0 aliphatic heterocycles. The molecule has 0 amide bonds. The summed E-state index contributed by atoms with van der Waals surface area (Å²) in [5, 5.41) is 3.41. The van der Waals surface area contributed by atoms with E-state index in [1.54, 1.807) is 0 Å². The van der Waals surface area contributed by atoms with E-state index in [4.69, 9.17) is 0 Å². The van der Waals surface area contributed by atoms with Gasteiger partial charge in [0, 0.05) is 11.5 Å². The molecule has 0 aliphatic carbocycles. The van der Waals surface area contributed by atoms with Crippen molar-refractivity contribution in [2.45, 2.75) is 39.2 Å². The minimum absolute atomic E-state index is 0.0906. The molecule has 1 atom stereocenters. The molecule has 0 saturated carbocycles. The highest BCUT2D eigenvalue weighted by Crippen LogP contribution is 2.37. The zero-order valence-electron chi connectivity index (χ0n) is 13.5. The number of likely N-dealkylation sites (N-methyl/N-ethyl adjacent to an activating group) is 1. The number of halogens is 1. The van der Waals surface area contributed by atoms with E-state index in [-0.39, 0.29) is 17.3 Å². The fraction of sp³-hybridized carbons (Fsp3) is 0.368. The van der Waals surface area contributed by atoms with Crippen LogP contribution >= 0.6 is 0 Å². The summed E-state index contributed by atoms with van der Waals surface area (Å²) in [7, 11) is 1.96. The molecule has 1 unspecified atom stereocenters. The van der Waals surface area contributed by atoms with E-state index in [1.165, 1.54) is 5.56 Å². The molecular formula is C19H24FN. The number of nitrogens with one attached hydrogen (secondary N) is 1. The Morgan fingerprint density at radius 2 is 1.52 bits per heavy atom. The SMILES string of the molecule is CNC(c1cc(C)c(F)c(C)c1)C(C)(C)c1ccccc1. The maximum atomic E-state index is 13.9. The van der Waals surface area contributed by atoms with Crippen LogP contribution in [-0.4, -0.2) is 7.05 Å². The Morgan fingerprint density at radius 3 is 2.00 bits per heavy atom. The summed E-state index contributed by atoms with van der Waals surface area (Å²) in [4.78, 5) is 0. The smallest absolute Gasteiger partial charge is 0.129 e. The van der Waals surface area contributed by atoms with Gasteiger partial charge in [-0.05, 0) is 43.1 Å². The van der Waals surface area contributed by atoms with Gasteiger partial charge in [0.1, 0.15) is 5.82 Å². The quantitative estimate of drug-likeness (QED) is 0.860. The molecular weight excluding hydrogens is 261 g/mol. The second-order valence-electron chi connectivity index (χ2n) is 6.28. The van der Waals surface area contributed by atoms with Crippen LogP contribution in [0.2, 0.25) is 0 Å². The Labute approximate surface area is 127 Å². The number of aryl methyl sites for hydroxylation is 2. The monoisotopic (exact) mass is 285 g/mol. The van der Waals surface area contributed by atoms with Crippen molar-refractivity contribution in [1.82, 2.24) is 5.32 Å². The molecule has 2 aromatic carbocycles. The van der Waals surface area contributed by atoms with Crippen LogP contribution in [-0.2, 0) is 5.41 Å². The average Bonchev–Trinajstić information content (AvgIpc) is 2.46. The van der Waals surface area contributed by atoms with Gasteiger partial charge >= 0.3 is 0 Å². The molecule has 2 rings (SSSR count). The average molecular weight is 285 g/mol. The molecule has 112 valence electrons. The van der Waals surface area contributed by atoms with E-state index in [0.29, 0.717) is 11.1 Å². The van der Waals surface area contributed by atoms with Gasteiger partial charge in [-0.2, -0.15) is 0 Å². The highest BCUT2D eigenvalue weighted by Gasteiger charge is 2.31. The van der Waals surface area contributed by atoms with Crippen LogP contribution in [0, 0.1) is 19.7 Å². The molecule has 1 nitrogen and oxygen atoms in total. The summed E-state index contributed by atoms with van der Waals surface area (Å²) >= 11 is 0. The molecule has 0 radical (unpaired) electrons. The van der Waals surface area contributed by atoms with Gasteiger partial charge in [-0.3, -0.25) is 0 Å². The Kier molecular flexibility index (Phi) is 4.48. The lowest BCUT2D eigenvalue weighted by Crippen LogP contribution is -2.35. The van der Waals surface area contributed by atoms with Gasteiger partial charge in [0.15, 0.2) is 0 Å². The predicted octanol–water partition coefficient (Wildman–Crippen LogP) is 4.68. The van der Waals surface area contributed by atoms with Gasteiger partial charge < -0.3 is 5.32 Å². The summed E-state index contributed by atoms with van der Waals surface area (Å²) < 4.78 is 13.9. The summed E-state index contributed by atoms with van der Waals surface area (Å²) in [6, 6.07) is 14.5. The molecule has 1 N–H and O–H groups in total. The van der Waals surface area contributed by atoms with E-state index in [9.17, 15) is 4.39 Å². The summed E-state index contributed by atoms with van der Waals surface area (Å²) in [5.74, 6) is -0.105. The second kappa shape index (κ2) is 5.98. The first-order valence-electron chi connectivity index (χ1n) is 7.37. The minimum atomic E-state index is -0.105. The molecule has 2 heteroatoms. The summed E-state index contributed by atoms with van der Waals surface area (Å²) in [5.41, 5.74) is 3.71. The van der Waals surface area contributed by atoms with Gasteiger partial charge in [-0.1, -0.05) is 56.3 Å². The van der Waals surface area contributed by atoms with Gasteiger partial charge in [-0.15, -0.1) is 0 Å². The highest BCUT2D eigenvalue weighted by molar-refractivity contribution is 5.37. The van der Waals surface area contributed by atoms with E-state index in [2.05, 4.69) is 43.4 Å². The number of hydrogen-bond donors (Lipinski definition) is 1. The van der Waals surface area contributed by atoms with Crippen molar-refractivity contribution in [2.75, 3.05) is 7.05 Å². The third-order valence-corrected chi connectivity index (χ3v) is 4.32. The van der Waals surface area contributed by atoms with E-state index >= 15 is 0 Å². The first kappa shape index (κ1) is 15.7. The Morgan fingerprint density at radius 1 is 1.00 bits per heavy atom. The van der Waals surface area contributed by atoms with Gasteiger partial charge in [0.25, 0.3) is 0 Å². The summed E-state index contributed by atoms with van der Waals surface area (Å²) in [6.07, 6.45) is 0. The first-order valence-corrected chi connectivity index (χ1v) is 7.37. The highest BCUT2D eigenvalue weighted by atomic mass is 19.1. The number of rotatable bonds is 4. The molecule has 0 heterocycles. The van der Waals surface area contributed by atoms with Crippen LogP contribution in [0.25, 0.3) is 0 Å². The van der Waals surface area contributed by atoms with Crippen molar-refractivity contribution < 1.29 is 4.39 Å². The molecule has 0 bridgehead atoms. The standard InChI is InChI=1S/C19H24FN/c1-13-11-15(12-14(2)17(13)20)18(21-5)19(3,4)16-9-7-6-8-10-16/h6-12,18,21H,1-5H3. The lowest BCUT2D eigenvalue weighted by Gasteiger charge is -2.35. The normalized spacial score (nSPS) is 13.2. The lowest BCUT2D eigenvalue weighted by molar-refractivity contribution is 0.368. The Balaban J connectivity index is 2.49. The maximum Gasteiger partial charge on any atom is 0.129 e. The van der Waals surface area contributed by atoms with Gasteiger partial charge in [-0.25, -0.2) is 4.39 Å². The van der Waals surface area contributed by atoms with Gasteiger partial charge in [0.05, 0.1) is 0 Å². The fourth-order valence-corrected chi connectivity index (χ4v) is 3.12. The minimum Gasteiger partial charge on any atom is -0.312 e. The predicted molar refractivity (Wildman–Crippen MR) is 87.1 cm³/mol. The largest absolute Gasteiger partial charge is 0.312 e. The van der Waals surface area contributed by atoms with Gasteiger partial charge in [0.2, 0.25) is 0 Å². The molecule has 0 aliphatic rings. The van der Waals surface area contributed by atoms with Crippen LogP contribution in [0.4, 0.5) is 4.39 Å². The number of benzene rings is 2. The van der Waals surface area contributed by atoms with Crippen LogP contribution in [0.15, 0.2) is 42.5 Å². The van der Waals surface area contributed by atoms with Crippen molar-refractivity contribution in [3.63, 3.8) is 0 Å². The van der Waals surface area contributed by atoms with Crippen molar-refractivity contribution in [3.8, 4) is 0 Å². The maximum absolute atomic E-state index is 13.9. The van der Waals surface area contributed by atoms with Crippen molar-refractivity contribution in [2.24, 2.45) is 0 Å². The molecule has 0 spiro atoms. The molecule has 0 saturated heterocycles. The van der Waals surface area contributed by atoms with E-state index in [0.717, 1.165) is 5.56 Å². The van der Waals surface area contributed by atoms with Crippen LogP contribution < -0.4 is 5.32 Å². The second-order valence-corrected chi connectivity index (χ2v) is 6.28. The van der Waals surface area contributed by atoms with E-state index in [1.807, 2.05) is 39.1 Å². The zero-order valence-corrected chi connectivity index (χ0v) is 13.5. The molecule has 21 heavy (non-hydrogen) atoms. The topological polar surface area (TPSA) is 12.0 Å². The third kappa shape index (κ3) is 3.01. The van der Waals surface area contributed by atoms with E-state index < -0.39 is 0 Å². The Bertz CT molecular complexity index is 594. The molecule has 0 aromatic heterocycles. The van der Waals surface area contributed by atoms with Crippen molar-refractivity contribution >= 4 is 0 Å². The van der Waals surface area contributed by atoms with Crippen LogP contribution in [0.1, 0.15) is 42.1 Å². The molecule has 2 aromatic rings.